The molecule has 3 heteroatoms. The first kappa shape index (κ1) is 11.9. The third-order valence-electron chi connectivity index (χ3n) is 4.17. The second kappa shape index (κ2) is 4.02. The molecule has 3 nitrogen and oxygen atoms in total. The van der Waals surface area contributed by atoms with Gasteiger partial charge in [0.25, 0.3) is 0 Å². The van der Waals surface area contributed by atoms with Crippen molar-refractivity contribution in [2.24, 2.45) is 5.41 Å². The summed E-state index contributed by atoms with van der Waals surface area (Å²) in [5, 5.41) is 9.10. The van der Waals surface area contributed by atoms with Crippen molar-refractivity contribution in [3.63, 3.8) is 0 Å². The van der Waals surface area contributed by atoms with Gasteiger partial charge in [-0.1, -0.05) is 33.1 Å². The summed E-state index contributed by atoms with van der Waals surface area (Å²) >= 11 is 0. The number of nitrogens with zero attached hydrogens (tertiary/aromatic N) is 1. The highest BCUT2D eigenvalue weighted by molar-refractivity contribution is 5.68. The maximum atomic E-state index is 11.1. The Morgan fingerprint density at radius 2 is 1.75 bits per heavy atom. The molecule has 1 saturated carbocycles. The van der Waals surface area contributed by atoms with Gasteiger partial charge in [-0.2, -0.15) is 0 Å². The van der Waals surface area contributed by atoms with E-state index in [1.807, 2.05) is 0 Å². The van der Waals surface area contributed by atoms with Crippen molar-refractivity contribution in [3.05, 3.63) is 0 Å². The summed E-state index contributed by atoms with van der Waals surface area (Å²) < 4.78 is 0. The first-order valence-corrected chi connectivity index (χ1v) is 6.41. The number of carboxylic acid groups (broad SMARTS) is 1. The predicted octanol–water partition coefficient (Wildman–Crippen LogP) is 2.51. The SMILES string of the molecule is CC1(C)CN(C2(CC(=O)O)CCCCC2)C1. The molecule has 0 spiro atoms. The van der Waals surface area contributed by atoms with Gasteiger partial charge in [-0.15, -0.1) is 0 Å². The molecule has 0 amide bonds. The molecule has 1 N–H and O–H groups in total. The van der Waals surface area contributed by atoms with Gasteiger partial charge in [-0.05, 0) is 18.3 Å². The molecule has 1 aliphatic carbocycles. The predicted molar refractivity (Wildman–Crippen MR) is 63.4 cm³/mol. The molecule has 92 valence electrons. The fourth-order valence-corrected chi connectivity index (χ4v) is 3.42. The topological polar surface area (TPSA) is 40.5 Å². The lowest BCUT2D eigenvalue weighted by atomic mass is 9.72. The zero-order valence-electron chi connectivity index (χ0n) is 10.5. The summed E-state index contributed by atoms with van der Waals surface area (Å²) in [5.41, 5.74) is 0.378. The molecule has 0 bridgehead atoms. The lowest BCUT2D eigenvalue weighted by Gasteiger charge is -2.57. The minimum Gasteiger partial charge on any atom is -0.481 e. The van der Waals surface area contributed by atoms with E-state index in [1.165, 1.54) is 19.3 Å². The van der Waals surface area contributed by atoms with Crippen molar-refractivity contribution in [2.45, 2.75) is 57.9 Å². The lowest BCUT2D eigenvalue weighted by Crippen LogP contribution is -2.64. The van der Waals surface area contributed by atoms with Crippen LogP contribution in [0.5, 0.6) is 0 Å². The van der Waals surface area contributed by atoms with E-state index in [-0.39, 0.29) is 5.54 Å². The van der Waals surface area contributed by atoms with Gasteiger partial charge >= 0.3 is 5.97 Å². The zero-order valence-corrected chi connectivity index (χ0v) is 10.5. The molecule has 1 heterocycles. The van der Waals surface area contributed by atoms with Crippen LogP contribution in [0, 0.1) is 5.41 Å². The molecule has 2 rings (SSSR count). The molecule has 1 saturated heterocycles. The van der Waals surface area contributed by atoms with Crippen LogP contribution in [0.1, 0.15) is 52.4 Å². The van der Waals surface area contributed by atoms with E-state index in [9.17, 15) is 4.79 Å². The molecule has 16 heavy (non-hydrogen) atoms. The smallest absolute Gasteiger partial charge is 0.305 e. The minimum absolute atomic E-state index is 0.0143. The van der Waals surface area contributed by atoms with Gasteiger partial charge in [-0.3, -0.25) is 9.69 Å². The van der Waals surface area contributed by atoms with E-state index in [0.29, 0.717) is 11.8 Å². The summed E-state index contributed by atoms with van der Waals surface area (Å²) in [6, 6.07) is 0. The molecule has 0 aromatic rings. The van der Waals surface area contributed by atoms with E-state index in [0.717, 1.165) is 25.9 Å². The Balaban J connectivity index is 2.05. The molecule has 0 radical (unpaired) electrons. The highest BCUT2D eigenvalue weighted by Crippen LogP contribution is 2.43. The number of likely N-dealkylation sites (tertiary alicyclic amines) is 1. The van der Waals surface area contributed by atoms with Crippen molar-refractivity contribution in [2.75, 3.05) is 13.1 Å². The summed E-state index contributed by atoms with van der Waals surface area (Å²) in [4.78, 5) is 13.5. The van der Waals surface area contributed by atoms with Gasteiger partial charge in [0.2, 0.25) is 0 Å². The van der Waals surface area contributed by atoms with Crippen LogP contribution in [0.4, 0.5) is 0 Å². The van der Waals surface area contributed by atoms with Crippen LogP contribution in [-0.4, -0.2) is 34.6 Å². The number of hydrogen-bond donors (Lipinski definition) is 1. The molecule has 1 aliphatic heterocycles. The van der Waals surface area contributed by atoms with E-state index in [1.54, 1.807) is 0 Å². The maximum Gasteiger partial charge on any atom is 0.305 e. The van der Waals surface area contributed by atoms with Crippen molar-refractivity contribution in [3.8, 4) is 0 Å². The van der Waals surface area contributed by atoms with Crippen molar-refractivity contribution in [1.29, 1.82) is 0 Å². The Labute approximate surface area is 97.8 Å². The fourth-order valence-electron chi connectivity index (χ4n) is 3.42. The summed E-state index contributed by atoms with van der Waals surface area (Å²) in [6.45, 7) is 6.67. The van der Waals surface area contributed by atoms with Crippen molar-refractivity contribution < 1.29 is 9.90 Å². The van der Waals surface area contributed by atoms with Crippen molar-refractivity contribution in [1.82, 2.24) is 4.90 Å². The van der Waals surface area contributed by atoms with E-state index in [2.05, 4.69) is 18.7 Å². The number of hydrogen-bond acceptors (Lipinski definition) is 2. The number of carbonyl (C=O) groups is 1. The average Bonchev–Trinajstić information content (AvgIpc) is 2.14. The molecule has 0 atom stereocenters. The molecular formula is C13H23NO2. The number of aliphatic carboxylic acids is 1. The molecule has 0 aromatic carbocycles. The Hall–Kier alpha value is -0.570. The Kier molecular flexibility index (Phi) is 2.99. The monoisotopic (exact) mass is 225 g/mol. The molecule has 2 aliphatic rings. The third kappa shape index (κ3) is 2.24. The van der Waals surface area contributed by atoms with Gasteiger partial charge in [0.05, 0.1) is 6.42 Å². The van der Waals surface area contributed by atoms with Crippen molar-refractivity contribution >= 4 is 5.97 Å². The quantitative estimate of drug-likeness (QED) is 0.802. The van der Waals surface area contributed by atoms with Crippen LogP contribution in [0.2, 0.25) is 0 Å². The van der Waals surface area contributed by atoms with Crippen LogP contribution in [0.15, 0.2) is 0 Å². The summed E-state index contributed by atoms with van der Waals surface area (Å²) in [7, 11) is 0. The number of carboxylic acids is 1. The van der Waals surface area contributed by atoms with Gasteiger partial charge in [0.1, 0.15) is 0 Å². The maximum absolute atomic E-state index is 11.1. The van der Waals surface area contributed by atoms with Crippen LogP contribution < -0.4 is 0 Å². The summed E-state index contributed by atoms with van der Waals surface area (Å²) in [5.74, 6) is -0.633. The Bertz CT molecular complexity index is 272. The second-order valence-corrected chi connectivity index (χ2v) is 6.38. The third-order valence-corrected chi connectivity index (χ3v) is 4.17. The van der Waals surface area contributed by atoms with E-state index < -0.39 is 5.97 Å². The standard InChI is InChI=1S/C13H23NO2/c1-12(2)9-14(10-12)13(8-11(15)16)6-4-3-5-7-13/h3-10H2,1-2H3,(H,15,16). The second-order valence-electron chi connectivity index (χ2n) is 6.38. The fraction of sp³-hybridized carbons (Fsp3) is 0.923. The normalized spacial score (nSPS) is 28.4. The van der Waals surface area contributed by atoms with Gasteiger partial charge in [-0.25, -0.2) is 0 Å². The highest BCUT2D eigenvalue weighted by Gasteiger charge is 2.48. The van der Waals surface area contributed by atoms with Gasteiger partial charge in [0.15, 0.2) is 0 Å². The molecule has 2 fully saturated rings. The summed E-state index contributed by atoms with van der Waals surface area (Å²) in [6.07, 6.45) is 6.17. The van der Waals surface area contributed by atoms with Crippen LogP contribution >= 0.6 is 0 Å². The first-order chi connectivity index (χ1) is 7.44. The van der Waals surface area contributed by atoms with Crippen LogP contribution in [0.3, 0.4) is 0 Å². The Morgan fingerprint density at radius 3 is 2.19 bits per heavy atom. The van der Waals surface area contributed by atoms with Crippen LogP contribution in [-0.2, 0) is 4.79 Å². The number of rotatable bonds is 3. The van der Waals surface area contributed by atoms with Gasteiger partial charge in [0, 0.05) is 18.6 Å². The molecule has 0 aromatic heterocycles. The largest absolute Gasteiger partial charge is 0.481 e. The minimum atomic E-state index is -0.633. The van der Waals surface area contributed by atoms with Gasteiger partial charge < -0.3 is 5.11 Å². The van der Waals surface area contributed by atoms with E-state index >= 15 is 0 Å². The van der Waals surface area contributed by atoms with Crippen LogP contribution in [0.25, 0.3) is 0 Å². The lowest BCUT2D eigenvalue weighted by molar-refractivity contribution is -0.146. The Morgan fingerprint density at radius 1 is 1.19 bits per heavy atom. The molecular weight excluding hydrogens is 202 g/mol. The highest BCUT2D eigenvalue weighted by atomic mass is 16.4. The average molecular weight is 225 g/mol. The zero-order chi connectivity index (χ0) is 11.8. The van der Waals surface area contributed by atoms with E-state index in [4.69, 9.17) is 5.11 Å². The molecule has 0 unspecified atom stereocenters. The first-order valence-electron chi connectivity index (χ1n) is 6.41.